The average Bonchev–Trinajstić information content (AvgIpc) is 2.16. The van der Waals surface area contributed by atoms with Gasteiger partial charge in [0.15, 0.2) is 0 Å². The van der Waals surface area contributed by atoms with Gasteiger partial charge in [0.05, 0.1) is 0 Å². The quantitative estimate of drug-likeness (QED) is 0.665. The van der Waals surface area contributed by atoms with Gasteiger partial charge < -0.3 is 0 Å². The van der Waals surface area contributed by atoms with Crippen LogP contribution in [-0.4, -0.2) is 5.78 Å². The fourth-order valence-corrected chi connectivity index (χ4v) is 1.11. The van der Waals surface area contributed by atoms with Gasteiger partial charge >= 0.3 is 0 Å². The Kier molecular flexibility index (Phi) is 3.52. The lowest BCUT2D eigenvalue weighted by molar-refractivity contribution is -0.118. The largest absolute Gasteiger partial charge is 0.300 e. The molecule has 1 rings (SSSR count). The third kappa shape index (κ3) is 2.87. The SMILES string of the molecule is CCC(=O)CCc1ccccc1. The van der Waals surface area contributed by atoms with E-state index in [2.05, 4.69) is 12.1 Å². The van der Waals surface area contributed by atoms with Gasteiger partial charge in [-0.2, -0.15) is 0 Å². The van der Waals surface area contributed by atoms with Crippen molar-refractivity contribution in [1.29, 1.82) is 0 Å². The summed E-state index contributed by atoms with van der Waals surface area (Å²) in [5.41, 5.74) is 1.25. The molecular weight excluding hydrogens is 148 g/mol. The standard InChI is InChI=1S/C11H14O/c1-2-11(12)9-8-10-6-4-3-5-7-10/h3-7H,2,8-9H2,1H3. The second kappa shape index (κ2) is 4.70. The Morgan fingerprint density at radius 2 is 1.92 bits per heavy atom. The van der Waals surface area contributed by atoms with Crippen LogP contribution in [0.3, 0.4) is 0 Å². The average molecular weight is 162 g/mol. The maximum atomic E-state index is 11.0. The molecule has 64 valence electrons. The molecule has 0 unspecified atom stereocenters. The van der Waals surface area contributed by atoms with Crippen LogP contribution < -0.4 is 0 Å². The lowest BCUT2D eigenvalue weighted by atomic mass is 10.1. The van der Waals surface area contributed by atoms with Crippen LogP contribution in [0.2, 0.25) is 0 Å². The minimum absolute atomic E-state index is 0.346. The van der Waals surface area contributed by atoms with Crippen molar-refractivity contribution in [2.45, 2.75) is 26.2 Å². The number of carbonyl (C=O) groups is 1. The van der Waals surface area contributed by atoms with E-state index in [-0.39, 0.29) is 0 Å². The zero-order chi connectivity index (χ0) is 8.81. The molecule has 0 aromatic heterocycles. The van der Waals surface area contributed by atoms with E-state index >= 15 is 0 Å². The number of hydrogen-bond donors (Lipinski definition) is 0. The number of Topliss-reactive ketones (excluding diaryl/α,β-unsaturated/α-hetero) is 1. The Morgan fingerprint density at radius 1 is 1.25 bits per heavy atom. The molecule has 0 amide bonds. The predicted octanol–water partition coefficient (Wildman–Crippen LogP) is 2.60. The van der Waals surface area contributed by atoms with Crippen LogP contribution in [0.4, 0.5) is 0 Å². The van der Waals surface area contributed by atoms with Crippen LogP contribution >= 0.6 is 0 Å². The molecule has 0 aliphatic carbocycles. The minimum atomic E-state index is 0.346. The number of rotatable bonds is 4. The Balaban J connectivity index is 2.38. The second-order valence-corrected chi connectivity index (χ2v) is 2.88. The van der Waals surface area contributed by atoms with Gasteiger partial charge in [0.2, 0.25) is 0 Å². The fraction of sp³-hybridized carbons (Fsp3) is 0.364. The molecule has 0 heterocycles. The lowest BCUT2D eigenvalue weighted by Gasteiger charge is -1.98. The Morgan fingerprint density at radius 3 is 2.50 bits per heavy atom. The smallest absolute Gasteiger partial charge is 0.132 e. The van der Waals surface area contributed by atoms with Crippen LogP contribution in [0.1, 0.15) is 25.3 Å². The van der Waals surface area contributed by atoms with Gasteiger partial charge in [0.1, 0.15) is 5.78 Å². The summed E-state index contributed by atoms with van der Waals surface area (Å²) in [7, 11) is 0. The topological polar surface area (TPSA) is 17.1 Å². The van der Waals surface area contributed by atoms with Crippen LogP contribution in [0.5, 0.6) is 0 Å². The molecule has 0 bridgehead atoms. The molecule has 1 heteroatoms. The third-order valence-electron chi connectivity index (χ3n) is 1.93. The lowest BCUT2D eigenvalue weighted by Crippen LogP contribution is -1.97. The number of benzene rings is 1. The summed E-state index contributed by atoms with van der Waals surface area (Å²) in [5.74, 6) is 0.346. The molecule has 1 aromatic rings. The first-order valence-electron chi connectivity index (χ1n) is 4.38. The maximum absolute atomic E-state index is 11.0. The number of aryl methyl sites for hydroxylation is 1. The van der Waals surface area contributed by atoms with Crippen LogP contribution in [-0.2, 0) is 11.2 Å². The molecule has 0 aliphatic rings. The van der Waals surface area contributed by atoms with Gasteiger partial charge in [-0.1, -0.05) is 37.3 Å². The Bertz CT molecular complexity index is 238. The monoisotopic (exact) mass is 162 g/mol. The normalized spacial score (nSPS) is 9.75. The van der Waals surface area contributed by atoms with Gasteiger partial charge in [-0.3, -0.25) is 4.79 Å². The van der Waals surface area contributed by atoms with Gasteiger partial charge in [-0.25, -0.2) is 0 Å². The van der Waals surface area contributed by atoms with E-state index in [1.165, 1.54) is 5.56 Å². The fourth-order valence-electron chi connectivity index (χ4n) is 1.11. The molecule has 0 spiro atoms. The van der Waals surface area contributed by atoms with Crippen LogP contribution in [0, 0.1) is 0 Å². The molecular formula is C11H14O. The van der Waals surface area contributed by atoms with E-state index in [0.717, 1.165) is 6.42 Å². The third-order valence-corrected chi connectivity index (χ3v) is 1.93. The van der Waals surface area contributed by atoms with Gasteiger partial charge in [-0.15, -0.1) is 0 Å². The summed E-state index contributed by atoms with van der Waals surface area (Å²) in [6, 6.07) is 10.1. The molecule has 12 heavy (non-hydrogen) atoms. The van der Waals surface area contributed by atoms with Crippen molar-refractivity contribution in [1.82, 2.24) is 0 Å². The molecule has 0 saturated carbocycles. The zero-order valence-electron chi connectivity index (χ0n) is 7.42. The first-order valence-corrected chi connectivity index (χ1v) is 4.38. The summed E-state index contributed by atoms with van der Waals surface area (Å²) in [4.78, 5) is 11.0. The van der Waals surface area contributed by atoms with Crippen molar-refractivity contribution in [3.05, 3.63) is 35.9 Å². The Labute approximate surface area is 73.4 Å². The number of hydrogen-bond acceptors (Lipinski definition) is 1. The molecule has 1 nitrogen and oxygen atoms in total. The predicted molar refractivity (Wildman–Crippen MR) is 50.1 cm³/mol. The molecule has 1 aromatic carbocycles. The molecule has 0 fully saturated rings. The van der Waals surface area contributed by atoms with Crippen molar-refractivity contribution in [3.63, 3.8) is 0 Å². The zero-order valence-corrected chi connectivity index (χ0v) is 7.42. The van der Waals surface area contributed by atoms with Crippen molar-refractivity contribution < 1.29 is 4.79 Å². The van der Waals surface area contributed by atoms with E-state index in [1.54, 1.807) is 0 Å². The maximum Gasteiger partial charge on any atom is 0.132 e. The highest BCUT2D eigenvalue weighted by Gasteiger charge is 1.98. The van der Waals surface area contributed by atoms with Crippen molar-refractivity contribution in [2.24, 2.45) is 0 Å². The summed E-state index contributed by atoms with van der Waals surface area (Å²) in [5, 5.41) is 0. The highest BCUT2D eigenvalue weighted by molar-refractivity contribution is 5.78. The van der Waals surface area contributed by atoms with Gasteiger partial charge in [0.25, 0.3) is 0 Å². The highest BCUT2D eigenvalue weighted by atomic mass is 16.1. The first-order chi connectivity index (χ1) is 5.83. The van der Waals surface area contributed by atoms with Crippen molar-refractivity contribution in [2.75, 3.05) is 0 Å². The van der Waals surface area contributed by atoms with E-state index in [4.69, 9.17) is 0 Å². The summed E-state index contributed by atoms with van der Waals surface area (Å²) in [6.07, 6.45) is 2.22. The highest BCUT2D eigenvalue weighted by Crippen LogP contribution is 2.03. The van der Waals surface area contributed by atoms with Gasteiger partial charge in [0, 0.05) is 12.8 Å². The summed E-state index contributed by atoms with van der Waals surface area (Å²) in [6.45, 7) is 1.91. The van der Waals surface area contributed by atoms with Crippen molar-refractivity contribution >= 4 is 5.78 Å². The van der Waals surface area contributed by atoms with Crippen LogP contribution in [0.15, 0.2) is 30.3 Å². The van der Waals surface area contributed by atoms with E-state index in [1.807, 2.05) is 25.1 Å². The second-order valence-electron chi connectivity index (χ2n) is 2.88. The molecule has 0 saturated heterocycles. The summed E-state index contributed by atoms with van der Waals surface area (Å²) >= 11 is 0. The van der Waals surface area contributed by atoms with Crippen molar-refractivity contribution in [3.8, 4) is 0 Å². The van der Waals surface area contributed by atoms with E-state index in [9.17, 15) is 4.79 Å². The van der Waals surface area contributed by atoms with E-state index < -0.39 is 0 Å². The molecule has 0 aliphatic heterocycles. The van der Waals surface area contributed by atoms with Gasteiger partial charge in [-0.05, 0) is 12.0 Å². The number of carbonyl (C=O) groups excluding carboxylic acids is 1. The summed E-state index contributed by atoms with van der Waals surface area (Å²) < 4.78 is 0. The Hall–Kier alpha value is -1.11. The molecule has 0 radical (unpaired) electrons. The molecule has 0 N–H and O–H groups in total. The van der Waals surface area contributed by atoms with Crippen LogP contribution in [0.25, 0.3) is 0 Å². The number of ketones is 1. The van der Waals surface area contributed by atoms with E-state index in [0.29, 0.717) is 18.6 Å². The molecule has 0 atom stereocenters. The first kappa shape index (κ1) is 8.98. The minimum Gasteiger partial charge on any atom is -0.300 e.